The van der Waals surface area contributed by atoms with Gasteiger partial charge in [0.15, 0.2) is 0 Å². The van der Waals surface area contributed by atoms with Crippen molar-refractivity contribution in [1.82, 2.24) is 9.55 Å². The molecule has 0 saturated heterocycles. The molecule has 0 radical (unpaired) electrons. The Hall–Kier alpha value is -1.86. The zero-order valence-corrected chi connectivity index (χ0v) is 11.4. The minimum absolute atomic E-state index is 0.0666. The monoisotopic (exact) mass is 318 g/mol. The Balaban J connectivity index is 2.01. The van der Waals surface area contributed by atoms with E-state index in [4.69, 9.17) is 16.3 Å². The summed E-state index contributed by atoms with van der Waals surface area (Å²) >= 11 is 5.68. The van der Waals surface area contributed by atoms with E-state index in [1.54, 1.807) is 0 Å². The van der Waals surface area contributed by atoms with Crippen molar-refractivity contribution < 1.29 is 17.9 Å². The molecular formula is C13H10ClF3N2O2. The molecule has 0 aliphatic rings. The summed E-state index contributed by atoms with van der Waals surface area (Å²) in [5.74, 6) is 0. The molecule has 2 rings (SSSR count). The summed E-state index contributed by atoms with van der Waals surface area (Å²) in [7, 11) is 0. The fourth-order valence-electron chi connectivity index (χ4n) is 1.62. The number of hydrogen-bond donors (Lipinski definition) is 0. The second-order valence-electron chi connectivity index (χ2n) is 4.20. The molecule has 0 bridgehead atoms. The molecular weight excluding hydrogens is 309 g/mol. The van der Waals surface area contributed by atoms with E-state index in [1.807, 2.05) is 0 Å². The maximum absolute atomic E-state index is 12.5. The van der Waals surface area contributed by atoms with E-state index in [0.29, 0.717) is 5.56 Å². The predicted octanol–water partition coefficient (Wildman–Crippen LogP) is 3.09. The summed E-state index contributed by atoms with van der Waals surface area (Å²) in [6.45, 7) is -0.217. The van der Waals surface area contributed by atoms with E-state index < -0.39 is 17.4 Å². The second-order valence-corrected chi connectivity index (χ2v) is 4.64. The fraction of sp³-hybridized carbons (Fsp3) is 0.231. The summed E-state index contributed by atoms with van der Waals surface area (Å²) in [5, 5.41) is 0.261. The molecule has 0 aliphatic heterocycles. The highest BCUT2D eigenvalue weighted by Gasteiger charge is 2.30. The Morgan fingerprint density at radius 3 is 2.81 bits per heavy atom. The molecule has 0 atom stereocenters. The lowest BCUT2D eigenvalue weighted by Crippen LogP contribution is -2.23. The topological polar surface area (TPSA) is 44.1 Å². The largest absolute Gasteiger partial charge is 0.416 e. The molecule has 0 saturated carbocycles. The first kappa shape index (κ1) is 15.5. The molecule has 1 aromatic carbocycles. The van der Waals surface area contributed by atoms with Crippen LogP contribution in [0.4, 0.5) is 13.2 Å². The van der Waals surface area contributed by atoms with Crippen LogP contribution in [0.2, 0.25) is 5.02 Å². The van der Waals surface area contributed by atoms with Crippen molar-refractivity contribution >= 4 is 11.6 Å². The smallest absolute Gasteiger partial charge is 0.356 e. The number of alkyl halides is 3. The van der Waals surface area contributed by atoms with Crippen LogP contribution in [0.5, 0.6) is 0 Å². The molecule has 0 aliphatic carbocycles. The average Bonchev–Trinajstić information content (AvgIpc) is 2.42. The standard InChI is InChI=1S/C13H10ClF3N2O2/c14-11-5-18-12(20)19(6-11)8-21-7-9-2-1-3-10(4-9)13(15,16)17/h1-6H,7-8H2. The maximum Gasteiger partial charge on any atom is 0.416 e. The van der Waals surface area contributed by atoms with E-state index in [9.17, 15) is 18.0 Å². The van der Waals surface area contributed by atoms with Gasteiger partial charge >= 0.3 is 11.9 Å². The Labute approximate surface area is 122 Å². The molecule has 0 unspecified atom stereocenters. The average molecular weight is 319 g/mol. The first-order chi connectivity index (χ1) is 9.86. The Morgan fingerprint density at radius 1 is 1.33 bits per heavy atom. The lowest BCUT2D eigenvalue weighted by molar-refractivity contribution is -0.137. The van der Waals surface area contributed by atoms with Crippen LogP contribution in [-0.4, -0.2) is 9.55 Å². The number of aromatic nitrogens is 2. The van der Waals surface area contributed by atoms with Gasteiger partial charge in [0.25, 0.3) is 0 Å². The highest BCUT2D eigenvalue weighted by atomic mass is 35.5. The molecule has 1 heterocycles. The minimum atomic E-state index is -4.40. The van der Waals surface area contributed by atoms with Crippen molar-refractivity contribution in [3.8, 4) is 0 Å². The van der Waals surface area contributed by atoms with Crippen LogP contribution in [0.3, 0.4) is 0 Å². The van der Waals surface area contributed by atoms with Gasteiger partial charge in [-0.1, -0.05) is 23.7 Å². The van der Waals surface area contributed by atoms with Gasteiger partial charge in [0, 0.05) is 6.20 Å². The zero-order chi connectivity index (χ0) is 15.5. The van der Waals surface area contributed by atoms with Crippen LogP contribution in [0.1, 0.15) is 11.1 Å². The lowest BCUT2D eigenvalue weighted by atomic mass is 10.1. The molecule has 1 aromatic heterocycles. The van der Waals surface area contributed by atoms with E-state index in [0.717, 1.165) is 16.7 Å². The third kappa shape index (κ3) is 4.30. The summed E-state index contributed by atoms with van der Waals surface area (Å²) in [6.07, 6.45) is -1.86. The summed E-state index contributed by atoms with van der Waals surface area (Å²) in [5.41, 5.74) is -0.943. The van der Waals surface area contributed by atoms with Gasteiger partial charge in [-0.2, -0.15) is 18.2 Å². The molecule has 21 heavy (non-hydrogen) atoms. The fourth-order valence-corrected chi connectivity index (χ4v) is 1.79. The summed E-state index contributed by atoms with van der Waals surface area (Å²) < 4.78 is 44.0. The number of benzene rings is 1. The van der Waals surface area contributed by atoms with Gasteiger partial charge in [-0.15, -0.1) is 0 Å². The van der Waals surface area contributed by atoms with Gasteiger partial charge in [-0.05, 0) is 17.7 Å². The lowest BCUT2D eigenvalue weighted by Gasteiger charge is -2.10. The highest BCUT2D eigenvalue weighted by Crippen LogP contribution is 2.29. The molecule has 0 amide bonds. The van der Waals surface area contributed by atoms with Gasteiger partial charge in [-0.3, -0.25) is 4.57 Å². The van der Waals surface area contributed by atoms with Crippen LogP contribution in [0.15, 0.2) is 41.5 Å². The van der Waals surface area contributed by atoms with E-state index in [2.05, 4.69) is 4.98 Å². The van der Waals surface area contributed by atoms with E-state index in [1.165, 1.54) is 24.5 Å². The SMILES string of the molecule is O=c1ncc(Cl)cn1COCc1cccc(C(F)(F)F)c1. The van der Waals surface area contributed by atoms with Crippen molar-refractivity contribution in [3.05, 3.63) is 63.3 Å². The van der Waals surface area contributed by atoms with Gasteiger partial charge in [0.2, 0.25) is 0 Å². The quantitative estimate of drug-likeness (QED) is 0.870. The Kier molecular flexibility index (Phi) is 4.64. The van der Waals surface area contributed by atoms with Crippen LogP contribution in [0, 0.1) is 0 Å². The van der Waals surface area contributed by atoms with Crippen molar-refractivity contribution in [2.24, 2.45) is 0 Å². The van der Waals surface area contributed by atoms with E-state index in [-0.39, 0.29) is 18.4 Å². The second kappa shape index (κ2) is 6.28. The van der Waals surface area contributed by atoms with Gasteiger partial charge in [0.1, 0.15) is 6.73 Å². The van der Waals surface area contributed by atoms with Gasteiger partial charge < -0.3 is 4.74 Å². The third-order valence-electron chi connectivity index (χ3n) is 2.58. The molecule has 0 spiro atoms. The molecule has 4 nitrogen and oxygen atoms in total. The zero-order valence-electron chi connectivity index (χ0n) is 10.6. The van der Waals surface area contributed by atoms with Crippen molar-refractivity contribution in [2.75, 3.05) is 0 Å². The van der Waals surface area contributed by atoms with Crippen molar-refractivity contribution in [2.45, 2.75) is 19.5 Å². The number of halogens is 4. The first-order valence-electron chi connectivity index (χ1n) is 5.82. The number of ether oxygens (including phenoxy) is 1. The summed E-state index contributed by atoms with van der Waals surface area (Å²) in [4.78, 5) is 14.9. The normalized spacial score (nSPS) is 11.6. The predicted molar refractivity (Wildman–Crippen MR) is 69.7 cm³/mol. The number of nitrogens with zero attached hydrogens (tertiary/aromatic N) is 2. The van der Waals surface area contributed by atoms with Crippen LogP contribution in [0.25, 0.3) is 0 Å². The maximum atomic E-state index is 12.5. The first-order valence-corrected chi connectivity index (χ1v) is 6.20. The number of rotatable bonds is 4. The Bertz CT molecular complexity index is 686. The van der Waals surface area contributed by atoms with Crippen LogP contribution in [-0.2, 0) is 24.3 Å². The third-order valence-corrected chi connectivity index (χ3v) is 2.77. The Morgan fingerprint density at radius 2 is 2.10 bits per heavy atom. The molecule has 0 N–H and O–H groups in total. The van der Waals surface area contributed by atoms with Crippen LogP contribution >= 0.6 is 11.6 Å². The van der Waals surface area contributed by atoms with Gasteiger partial charge in [-0.25, -0.2) is 4.79 Å². The van der Waals surface area contributed by atoms with Crippen LogP contribution < -0.4 is 5.69 Å². The summed E-state index contributed by atoms with van der Waals surface area (Å²) in [6, 6.07) is 4.79. The molecule has 0 fully saturated rings. The van der Waals surface area contributed by atoms with Crippen molar-refractivity contribution in [3.63, 3.8) is 0 Å². The number of hydrogen-bond acceptors (Lipinski definition) is 3. The van der Waals surface area contributed by atoms with E-state index >= 15 is 0 Å². The van der Waals surface area contributed by atoms with Crippen molar-refractivity contribution in [1.29, 1.82) is 0 Å². The molecule has 8 heteroatoms. The molecule has 2 aromatic rings. The van der Waals surface area contributed by atoms with Gasteiger partial charge in [0.05, 0.1) is 23.4 Å². The molecule has 112 valence electrons. The highest BCUT2D eigenvalue weighted by molar-refractivity contribution is 6.30. The minimum Gasteiger partial charge on any atom is -0.356 e.